The fraction of sp³-hybridized carbons (Fsp3) is 0.435. The van der Waals surface area contributed by atoms with E-state index in [1.54, 1.807) is 0 Å². The minimum absolute atomic E-state index is 0.167. The van der Waals surface area contributed by atoms with Gasteiger partial charge in [-0.3, -0.25) is 14.6 Å². The molecule has 2 aliphatic rings. The van der Waals surface area contributed by atoms with Gasteiger partial charge in [0.25, 0.3) is 0 Å². The Bertz CT molecular complexity index is 869. The molecule has 0 spiro atoms. The molecular formula is C23H28ClN3O3. The van der Waals surface area contributed by atoms with Crippen LogP contribution in [0.25, 0.3) is 0 Å². The monoisotopic (exact) mass is 429 g/mol. The van der Waals surface area contributed by atoms with Gasteiger partial charge in [-0.15, -0.1) is 0 Å². The second-order valence-corrected chi connectivity index (χ2v) is 8.32. The van der Waals surface area contributed by atoms with Crippen molar-refractivity contribution in [1.29, 1.82) is 0 Å². The van der Waals surface area contributed by atoms with Crippen LogP contribution >= 0.6 is 11.6 Å². The van der Waals surface area contributed by atoms with Crippen LogP contribution in [-0.2, 0) is 17.9 Å². The van der Waals surface area contributed by atoms with Crippen LogP contribution in [0.2, 0.25) is 5.02 Å². The van der Waals surface area contributed by atoms with Gasteiger partial charge in [0.05, 0.1) is 11.6 Å². The Labute approximate surface area is 182 Å². The minimum atomic E-state index is 0.167. The summed E-state index contributed by atoms with van der Waals surface area (Å²) in [7, 11) is 1.95. The number of hydrogen-bond acceptors (Lipinski definition) is 5. The van der Waals surface area contributed by atoms with E-state index in [0.29, 0.717) is 42.8 Å². The number of carbonyl (C=O) groups excluding carboxylic acids is 1. The van der Waals surface area contributed by atoms with Gasteiger partial charge in [0.1, 0.15) is 13.2 Å². The molecule has 2 aromatic rings. The van der Waals surface area contributed by atoms with Gasteiger partial charge in [0.2, 0.25) is 5.91 Å². The standard InChI is InChI=1S/C23H28ClN3O3/c1-25(15-19-13-20(24)23-21(14-19)29-11-12-30-23)17-22(28)27-9-7-26(8-10-27)16-18-5-3-2-4-6-18/h2-6,13-14H,7-12,15-17H2,1H3. The maximum absolute atomic E-state index is 12.8. The Balaban J connectivity index is 1.26. The van der Waals surface area contributed by atoms with Crippen molar-refractivity contribution < 1.29 is 14.3 Å². The molecule has 0 saturated carbocycles. The highest BCUT2D eigenvalue weighted by Gasteiger charge is 2.22. The van der Waals surface area contributed by atoms with Crippen LogP contribution in [0.1, 0.15) is 11.1 Å². The molecule has 0 unspecified atom stereocenters. The molecule has 0 bridgehead atoms. The summed E-state index contributed by atoms with van der Waals surface area (Å²) < 4.78 is 11.2. The van der Waals surface area contributed by atoms with Gasteiger partial charge in [0.15, 0.2) is 11.5 Å². The van der Waals surface area contributed by atoms with Crippen molar-refractivity contribution in [3.63, 3.8) is 0 Å². The zero-order chi connectivity index (χ0) is 20.9. The molecule has 2 aliphatic heterocycles. The second-order valence-electron chi connectivity index (χ2n) is 7.92. The number of hydrogen-bond donors (Lipinski definition) is 0. The van der Waals surface area contributed by atoms with Crippen LogP contribution in [0.4, 0.5) is 0 Å². The quantitative estimate of drug-likeness (QED) is 0.706. The number of piperazine rings is 1. The molecule has 2 aromatic carbocycles. The van der Waals surface area contributed by atoms with E-state index in [0.717, 1.165) is 38.3 Å². The maximum Gasteiger partial charge on any atom is 0.236 e. The highest BCUT2D eigenvalue weighted by atomic mass is 35.5. The number of ether oxygens (including phenoxy) is 2. The molecule has 30 heavy (non-hydrogen) atoms. The second kappa shape index (κ2) is 9.69. The van der Waals surface area contributed by atoms with E-state index in [1.807, 2.05) is 35.0 Å². The number of rotatable bonds is 6. The summed E-state index contributed by atoms with van der Waals surface area (Å²) in [6, 6.07) is 14.3. The van der Waals surface area contributed by atoms with Crippen LogP contribution in [-0.4, -0.2) is 73.6 Å². The number of amides is 1. The third kappa shape index (κ3) is 5.25. The Hall–Kier alpha value is -2.28. The molecule has 0 radical (unpaired) electrons. The molecular weight excluding hydrogens is 402 g/mol. The number of nitrogens with zero attached hydrogens (tertiary/aromatic N) is 3. The lowest BCUT2D eigenvalue weighted by Crippen LogP contribution is -2.50. The van der Waals surface area contributed by atoms with Gasteiger partial charge in [-0.25, -0.2) is 0 Å². The number of carbonyl (C=O) groups is 1. The number of likely N-dealkylation sites (N-methyl/N-ethyl adjacent to an activating group) is 1. The zero-order valence-electron chi connectivity index (χ0n) is 17.3. The predicted octanol–water partition coefficient (Wildman–Crippen LogP) is 2.89. The highest BCUT2D eigenvalue weighted by molar-refractivity contribution is 6.32. The van der Waals surface area contributed by atoms with Crippen LogP contribution in [0.3, 0.4) is 0 Å². The largest absolute Gasteiger partial charge is 0.486 e. The number of benzene rings is 2. The van der Waals surface area contributed by atoms with E-state index in [1.165, 1.54) is 5.56 Å². The van der Waals surface area contributed by atoms with Crippen LogP contribution in [0, 0.1) is 0 Å². The molecule has 1 saturated heterocycles. The summed E-state index contributed by atoms with van der Waals surface area (Å²) in [6.45, 7) is 6.33. The summed E-state index contributed by atoms with van der Waals surface area (Å²) in [4.78, 5) is 19.1. The van der Waals surface area contributed by atoms with Gasteiger partial charge in [-0.05, 0) is 30.3 Å². The molecule has 6 nitrogen and oxygen atoms in total. The number of fused-ring (bicyclic) bond motifs is 1. The Kier molecular flexibility index (Phi) is 6.77. The summed E-state index contributed by atoms with van der Waals surface area (Å²) in [6.07, 6.45) is 0. The summed E-state index contributed by atoms with van der Waals surface area (Å²) in [5, 5.41) is 0.552. The average molecular weight is 430 g/mol. The molecule has 7 heteroatoms. The fourth-order valence-corrected chi connectivity index (χ4v) is 4.24. The van der Waals surface area contributed by atoms with Gasteiger partial charge < -0.3 is 14.4 Å². The van der Waals surface area contributed by atoms with Gasteiger partial charge >= 0.3 is 0 Å². The summed E-state index contributed by atoms with van der Waals surface area (Å²) >= 11 is 6.33. The molecule has 0 aliphatic carbocycles. The SMILES string of the molecule is CN(CC(=O)N1CCN(Cc2ccccc2)CC1)Cc1cc(Cl)c2c(c1)OCCO2. The van der Waals surface area contributed by atoms with E-state index in [4.69, 9.17) is 21.1 Å². The van der Waals surface area contributed by atoms with E-state index in [-0.39, 0.29) is 5.91 Å². The third-order valence-electron chi connectivity index (χ3n) is 5.49. The summed E-state index contributed by atoms with van der Waals surface area (Å²) in [5.74, 6) is 1.46. The predicted molar refractivity (Wildman–Crippen MR) is 117 cm³/mol. The first-order valence-electron chi connectivity index (χ1n) is 10.4. The van der Waals surface area contributed by atoms with Crippen LogP contribution in [0.5, 0.6) is 11.5 Å². The van der Waals surface area contributed by atoms with Crippen molar-refractivity contribution in [3.05, 3.63) is 58.6 Å². The van der Waals surface area contributed by atoms with Crippen LogP contribution in [0.15, 0.2) is 42.5 Å². The molecule has 1 fully saturated rings. The lowest BCUT2D eigenvalue weighted by Gasteiger charge is -2.35. The molecule has 160 valence electrons. The molecule has 0 aromatic heterocycles. The van der Waals surface area contributed by atoms with Gasteiger partial charge in [-0.1, -0.05) is 41.9 Å². The molecule has 0 atom stereocenters. The Morgan fingerprint density at radius 2 is 1.77 bits per heavy atom. The van der Waals surface area contributed by atoms with Crippen molar-refractivity contribution in [1.82, 2.24) is 14.7 Å². The lowest BCUT2D eigenvalue weighted by molar-refractivity contribution is -0.134. The first-order valence-corrected chi connectivity index (χ1v) is 10.8. The van der Waals surface area contributed by atoms with E-state index in [2.05, 4.69) is 29.2 Å². The number of halogens is 1. The molecule has 1 amide bonds. The minimum Gasteiger partial charge on any atom is -0.486 e. The van der Waals surface area contributed by atoms with Crippen molar-refractivity contribution in [2.75, 3.05) is 53.0 Å². The maximum atomic E-state index is 12.8. The Morgan fingerprint density at radius 1 is 1.03 bits per heavy atom. The third-order valence-corrected chi connectivity index (χ3v) is 5.77. The summed E-state index contributed by atoms with van der Waals surface area (Å²) in [5.41, 5.74) is 2.32. The van der Waals surface area contributed by atoms with E-state index >= 15 is 0 Å². The Morgan fingerprint density at radius 3 is 2.53 bits per heavy atom. The van der Waals surface area contributed by atoms with E-state index in [9.17, 15) is 4.79 Å². The topological polar surface area (TPSA) is 45.3 Å². The molecule has 0 N–H and O–H groups in total. The van der Waals surface area contributed by atoms with Gasteiger partial charge in [-0.2, -0.15) is 0 Å². The normalized spacial score (nSPS) is 16.7. The van der Waals surface area contributed by atoms with E-state index < -0.39 is 0 Å². The lowest BCUT2D eigenvalue weighted by atomic mass is 10.1. The van der Waals surface area contributed by atoms with Crippen LogP contribution < -0.4 is 9.47 Å². The molecule has 2 heterocycles. The molecule has 4 rings (SSSR count). The average Bonchev–Trinajstić information content (AvgIpc) is 2.75. The fourth-order valence-electron chi connectivity index (χ4n) is 3.95. The van der Waals surface area contributed by atoms with Crippen molar-refractivity contribution >= 4 is 17.5 Å². The zero-order valence-corrected chi connectivity index (χ0v) is 18.1. The van der Waals surface area contributed by atoms with Crippen molar-refractivity contribution in [2.45, 2.75) is 13.1 Å². The smallest absolute Gasteiger partial charge is 0.236 e. The first kappa shape index (κ1) is 21.0. The van der Waals surface area contributed by atoms with Crippen molar-refractivity contribution in [2.24, 2.45) is 0 Å². The first-order chi connectivity index (χ1) is 14.6. The highest BCUT2D eigenvalue weighted by Crippen LogP contribution is 2.38. The van der Waals surface area contributed by atoms with Crippen molar-refractivity contribution in [3.8, 4) is 11.5 Å². The van der Waals surface area contributed by atoms with Gasteiger partial charge in [0, 0.05) is 39.3 Å².